The van der Waals surface area contributed by atoms with Crippen LogP contribution in [0, 0.1) is 0 Å². The minimum atomic E-state index is -0.348. The number of benzene rings is 1. The normalized spacial score (nSPS) is 13.8. The smallest absolute Gasteiger partial charge is 0.274 e. The summed E-state index contributed by atoms with van der Waals surface area (Å²) in [4.78, 5) is 11.7. The zero-order valence-electron chi connectivity index (χ0n) is 11.0. The van der Waals surface area contributed by atoms with Crippen LogP contribution in [0.15, 0.2) is 29.1 Å². The van der Waals surface area contributed by atoms with Crippen LogP contribution in [0.5, 0.6) is 0 Å². The summed E-state index contributed by atoms with van der Waals surface area (Å²) in [5.74, 6) is 0. The van der Waals surface area contributed by atoms with Crippen LogP contribution in [-0.4, -0.2) is 15.2 Å². The Morgan fingerprint density at radius 1 is 1.20 bits per heavy atom. The van der Waals surface area contributed by atoms with Crippen LogP contribution in [0.25, 0.3) is 11.3 Å². The molecule has 0 bridgehead atoms. The van der Waals surface area contributed by atoms with E-state index in [0.717, 1.165) is 18.4 Å². The monoisotopic (exact) mass is 285 g/mol. The van der Waals surface area contributed by atoms with E-state index in [1.807, 2.05) is 6.07 Å². The van der Waals surface area contributed by atoms with E-state index in [2.05, 4.69) is 22.3 Å². The lowest BCUT2D eigenvalue weighted by atomic mass is 9.90. The maximum Gasteiger partial charge on any atom is 0.274 e. The number of fused-ring (bicyclic) bond motifs is 1. The van der Waals surface area contributed by atoms with Crippen LogP contribution < -0.4 is 11.3 Å². The van der Waals surface area contributed by atoms with E-state index < -0.39 is 0 Å². The van der Waals surface area contributed by atoms with Crippen molar-refractivity contribution in [3.63, 3.8) is 0 Å². The second-order valence-corrected chi connectivity index (χ2v) is 5.49. The number of hydrogen-bond donors (Lipinski definition) is 2. The van der Waals surface area contributed by atoms with Crippen LogP contribution in [0.3, 0.4) is 0 Å². The molecule has 3 rings (SSSR count). The lowest BCUT2D eigenvalue weighted by Crippen LogP contribution is -2.23. The van der Waals surface area contributed by atoms with E-state index in [1.54, 1.807) is 6.07 Å². The molecule has 0 amide bonds. The number of aryl methyl sites for hydroxylation is 2. The first-order chi connectivity index (χ1) is 9.65. The molecule has 0 spiro atoms. The lowest BCUT2D eigenvalue weighted by molar-refractivity contribution is 0.686. The van der Waals surface area contributed by atoms with Crippen molar-refractivity contribution >= 4 is 17.2 Å². The molecule has 20 heavy (non-hydrogen) atoms. The number of hydrogen-bond acceptors (Lipinski definition) is 3. The topological polar surface area (TPSA) is 71.8 Å². The molecule has 1 aliphatic rings. The van der Waals surface area contributed by atoms with Crippen LogP contribution >= 0.6 is 12.2 Å². The molecule has 1 aromatic heterocycles. The van der Waals surface area contributed by atoms with Gasteiger partial charge in [0, 0.05) is 5.56 Å². The highest BCUT2D eigenvalue weighted by Crippen LogP contribution is 2.26. The average molecular weight is 285 g/mol. The highest BCUT2D eigenvalue weighted by Gasteiger charge is 2.12. The Balaban J connectivity index is 2.07. The molecule has 102 valence electrons. The van der Waals surface area contributed by atoms with Gasteiger partial charge in [-0.05, 0) is 48.9 Å². The fraction of sp³-hybridized carbons (Fsp3) is 0.267. The molecule has 0 aliphatic heterocycles. The highest BCUT2D eigenvalue weighted by molar-refractivity contribution is 7.80. The number of nitrogens with zero attached hydrogens (tertiary/aromatic N) is 1. The summed E-state index contributed by atoms with van der Waals surface area (Å²) in [6.45, 7) is 0. The van der Waals surface area contributed by atoms with Gasteiger partial charge in [0.15, 0.2) is 0 Å². The first-order valence-corrected chi connectivity index (χ1v) is 7.07. The van der Waals surface area contributed by atoms with Gasteiger partial charge in [-0.2, -0.15) is 5.10 Å². The zero-order chi connectivity index (χ0) is 14.1. The maximum atomic E-state index is 11.6. The Morgan fingerprint density at radius 2 is 1.95 bits per heavy atom. The second-order valence-electron chi connectivity index (χ2n) is 5.05. The molecule has 1 aromatic carbocycles. The fourth-order valence-electron chi connectivity index (χ4n) is 2.63. The summed E-state index contributed by atoms with van der Waals surface area (Å²) in [6, 6.07) is 8.00. The molecule has 0 atom stereocenters. The number of nitrogens with two attached hydrogens (primary N) is 1. The van der Waals surface area contributed by atoms with Crippen molar-refractivity contribution < 1.29 is 0 Å². The van der Waals surface area contributed by atoms with E-state index in [4.69, 9.17) is 18.0 Å². The first kappa shape index (κ1) is 13.0. The zero-order valence-corrected chi connectivity index (χ0v) is 11.8. The summed E-state index contributed by atoms with van der Waals surface area (Å²) < 4.78 is 0. The molecule has 0 saturated carbocycles. The molecule has 3 N–H and O–H groups in total. The van der Waals surface area contributed by atoms with Crippen molar-refractivity contribution in [2.24, 2.45) is 5.73 Å². The van der Waals surface area contributed by atoms with Crippen LogP contribution in [0.1, 0.15) is 29.5 Å². The summed E-state index contributed by atoms with van der Waals surface area (Å²) in [5, 5.41) is 6.54. The third-order valence-corrected chi connectivity index (χ3v) is 3.93. The molecule has 0 fully saturated rings. The van der Waals surface area contributed by atoms with Gasteiger partial charge in [-0.3, -0.25) is 4.79 Å². The van der Waals surface area contributed by atoms with Gasteiger partial charge in [-0.25, -0.2) is 5.10 Å². The predicted octanol–water partition coefficient (Wildman–Crippen LogP) is 1.95. The Labute approximate surface area is 122 Å². The van der Waals surface area contributed by atoms with Gasteiger partial charge in [0.05, 0.1) is 11.3 Å². The Bertz CT molecular complexity index is 736. The van der Waals surface area contributed by atoms with Crippen molar-refractivity contribution in [3.8, 4) is 11.3 Å². The SMILES string of the molecule is NC(=S)c1cc(-c2ccc3c(c2)CCCC3)n[nH]c1=O. The van der Waals surface area contributed by atoms with E-state index in [0.29, 0.717) is 11.3 Å². The predicted molar refractivity (Wildman–Crippen MR) is 82.8 cm³/mol. The Morgan fingerprint density at radius 3 is 2.70 bits per heavy atom. The minimum Gasteiger partial charge on any atom is -0.389 e. The van der Waals surface area contributed by atoms with E-state index in [1.165, 1.54) is 24.0 Å². The highest BCUT2D eigenvalue weighted by atomic mass is 32.1. The van der Waals surface area contributed by atoms with E-state index in [-0.39, 0.29) is 10.5 Å². The number of aromatic amines is 1. The van der Waals surface area contributed by atoms with Crippen molar-refractivity contribution in [1.82, 2.24) is 10.2 Å². The second kappa shape index (κ2) is 5.17. The van der Waals surface area contributed by atoms with Gasteiger partial charge in [-0.15, -0.1) is 0 Å². The summed E-state index contributed by atoms with van der Waals surface area (Å²) in [7, 11) is 0. The quantitative estimate of drug-likeness (QED) is 0.827. The lowest BCUT2D eigenvalue weighted by Gasteiger charge is -2.16. The van der Waals surface area contributed by atoms with Gasteiger partial charge < -0.3 is 5.73 Å². The van der Waals surface area contributed by atoms with Gasteiger partial charge in [-0.1, -0.05) is 24.4 Å². The molecule has 0 unspecified atom stereocenters. The van der Waals surface area contributed by atoms with E-state index in [9.17, 15) is 4.79 Å². The van der Waals surface area contributed by atoms with Crippen LogP contribution in [0.4, 0.5) is 0 Å². The molecular formula is C15H15N3OS. The third kappa shape index (κ3) is 2.36. The van der Waals surface area contributed by atoms with Crippen molar-refractivity contribution in [2.45, 2.75) is 25.7 Å². The van der Waals surface area contributed by atoms with Crippen LogP contribution in [0.2, 0.25) is 0 Å². The van der Waals surface area contributed by atoms with Crippen molar-refractivity contribution in [1.29, 1.82) is 0 Å². The molecule has 4 nitrogen and oxygen atoms in total. The fourth-order valence-corrected chi connectivity index (χ4v) is 2.78. The largest absolute Gasteiger partial charge is 0.389 e. The number of nitrogens with one attached hydrogen (secondary N) is 1. The molecule has 2 aromatic rings. The number of rotatable bonds is 2. The van der Waals surface area contributed by atoms with Gasteiger partial charge in [0.25, 0.3) is 5.56 Å². The third-order valence-electron chi connectivity index (χ3n) is 3.71. The molecule has 0 saturated heterocycles. The van der Waals surface area contributed by atoms with Crippen molar-refractivity contribution in [2.75, 3.05) is 0 Å². The molecule has 0 radical (unpaired) electrons. The van der Waals surface area contributed by atoms with Crippen LogP contribution in [-0.2, 0) is 12.8 Å². The molecule has 1 heterocycles. The average Bonchev–Trinajstić information content (AvgIpc) is 2.47. The Kier molecular flexibility index (Phi) is 3.36. The standard InChI is InChI=1S/C15H15N3OS/c16-14(20)12-8-13(17-18-15(12)19)11-6-5-9-3-1-2-4-10(9)7-11/h5-8H,1-4H2,(H2,16,20)(H,18,19). The number of thiocarbonyl (C=S) groups is 1. The number of aromatic nitrogens is 2. The minimum absolute atomic E-state index is 0.0906. The van der Waals surface area contributed by atoms with Crippen molar-refractivity contribution in [3.05, 3.63) is 51.3 Å². The number of H-pyrrole nitrogens is 1. The van der Waals surface area contributed by atoms with Gasteiger partial charge in [0.1, 0.15) is 4.99 Å². The van der Waals surface area contributed by atoms with Gasteiger partial charge in [0.2, 0.25) is 0 Å². The summed E-state index contributed by atoms with van der Waals surface area (Å²) in [5.41, 5.74) is 9.99. The molecule has 1 aliphatic carbocycles. The van der Waals surface area contributed by atoms with Gasteiger partial charge >= 0.3 is 0 Å². The van der Waals surface area contributed by atoms with E-state index >= 15 is 0 Å². The molecule has 5 heteroatoms. The summed E-state index contributed by atoms with van der Waals surface area (Å²) in [6.07, 6.45) is 4.74. The maximum absolute atomic E-state index is 11.6. The first-order valence-electron chi connectivity index (χ1n) is 6.67. The summed E-state index contributed by atoms with van der Waals surface area (Å²) >= 11 is 4.89. The Hall–Kier alpha value is -2.01. The molecular weight excluding hydrogens is 270 g/mol.